The van der Waals surface area contributed by atoms with Gasteiger partial charge in [-0.25, -0.2) is 4.98 Å². The summed E-state index contributed by atoms with van der Waals surface area (Å²) in [5.74, 6) is 0.770. The second-order valence-electron chi connectivity index (χ2n) is 2.87. The smallest absolute Gasteiger partial charge is 0.217 e. The summed E-state index contributed by atoms with van der Waals surface area (Å²) >= 11 is 0. The van der Waals surface area contributed by atoms with E-state index in [1.54, 1.807) is 12.4 Å². The van der Waals surface area contributed by atoms with Gasteiger partial charge in [0.05, 0.1) is 0 Å². The molecule has 1 aromatic heterocycles. The summed E-state index contributed by atoms with van der Waals surface area (Å²) in [6.45, 7) is 1.89. The molecule has 1 heterocycles. The highest BCUT2D eigenvalue weighted by molar-refractivity contribution is 5.73. The van der Waals surface area contributed by atoms with Crippen molar-refractivity contribution in [2.24, 2.45) is 5.73 Å². The van der Waals surface area contributed by atoms with E-state index in [1.807, 2.05) is 0 Å². The number of hydrogen-bond acceptors (Lipinski definition) is 3. The van der Waals surface area contributed by atoms with Crippen molar-refractivity contribution < 1.29 is 4.79 Å². The predicted octanol–water partition coefficient (Wildman–Crippen LogP) is -0.584. The Bertz CT molecular complexity index is 257. The van der Waals surface area contributed by atoms with Crippen LogP contribution in [-0.4, -0.2) is 28.5 Å². The third-order valence-electron chi connectivity index (χ3n) is 1.69. The molecule has 1 amide bonds. The van der Waals surface area contributed by atoms with Gasteiger partial charge in [-0.15, -0.1) is 0 Å². The molecule has 1 atom stereocenters. The Kier molecular flexibility index (Phi) is 3.45. The van der Waals surface area contributed by atoms with Crippen LogP contribution < -0.4 is 11.1 Å². The first kappa shape index (κ1) is 9.73. The Morgan fingerprint density at radius 3 is 3.08 bits per heavy atom. The van der Waals surface area contributed by atoms with Gasteiger partial charge in [0, 0.05) is 38.3 Å². The lowest BCUT2D eigenvalue weighted by molar-refractivity contribution is -0.119. The number of imidazole rings is 1. The van der Waals surface area contributed by atoms with E-state index in [4.69, 9.17) is 5.73 Å². The molecule has 0 saturated carbocycles. The fourth-order valence-corrected chi connectivity index (χ4v) is 1.12. The maximum atomic E-state index is 10.7. The summed E-state index contributed by atoms with van der Waals surface area (Å²) in [4.78, 5) is 17.8. The third kappa shape index (κ3) is 3.25. The lowest BCUT2D eigenvalue weighted by Gasteiger charge is -2.13. The molecular formula is C8H14N4O. The van der Waals surface area contributed by atoms with Crippen molar-refractivity contribution in [3.63, 3.8) is 0 Å². The summed E-state index contributed by atoms with van der Waals surface area (Å²) < 4.78 is 0. The van der Waals surface area contributed by atoms with Gasteiger partial charge in [0.25, 0.3) is 0 Å². The number of rotatable bonds is 4. The third-order valence-corrected chi connectivity index (χ3v) is 1.69. The molecule has 0 spiro atoms. The van der Waals surface area contributed by atoms with E-state index in [1.165, 1.54) is 6.92 Å². The molecule has 0 aromatic carbocycles. The molecule has 0 saturated heterocycles. The monoisotopic (exact) mass is 182 g/mol. The van der Waals surface area contributed by atoms with E-state index in [9.17, 15) is 4.79 Å². The Morgan fingerprint density at radius 1 is 1.85 bits per heavy atom. The fraction of sp³-hybridized carbons (Fsp3) is 0.500. The molecule has 0 radical (unpaired) electrons. The summed E-state index contributed by atoms with van der Waals surface area (Å²) in [5.41, 5.74) is 5.48. The average molecular weight is 182 g/mol. The zero-order chi connectivity index (χ0) is 9.68. The molecule has 0 aliphatic carbocycles. The van der Waals surface area contributed by atoms with E-state index in [-0.39, 0.29) is 11.9 Å². The topological polar surface area (TPSA) is 83.8 Å². The molecule has 0 aliphatic rings. The van der Waals surface area contributed by atoms with Crippen molar-refractivity contribution >= 4 is 5.91 Å². The van der Waals surface area contributed by atoms with E-state index < -0.39 is 0 Å². The van der Waals surface area contributed by atoms with Crippen LogP contribution in [0, 0.1) is 0 Å². The Labute approximate surface area is 76.7 Å². The van der Waals surface area contributed by atoms with Gasteiger partial charge in [-0.2, -0.15) is 0 Å². The highest BCUT2D eigenvalue weighted by atomic mass is 16.1. The SMILES string of the molecule is CC(=O)NC(CN)Cc1ncc[nH]1. The zero-order valence-corrected chi connectivity index (χ0v) is 7.58. The van der Waals surface area contributed by atoms with Crippen molar-refractivity contribution in [2.75, 3.05) is 6.54 Å². The molecule has 5 nitrogen and oxygen atoms in total. The number of carbonyl (C=O) groups is 1. The highest BCUT2D eigenvalue weighted by Gasteiger charge is 2.09. The average Bonchev–Trinajstić information content (AvgIpc) is 2.55. The van der Waals surface area contributed by atoms with Gasteiger partial charge >= 0.3 is 0 Å². The van der Waals surface area contributed by atoms with Crippen LogP contribution in [0.4, 0.5) is 0 Å². The first-order valence-corrected chi connectivity index (χ1v) is 4.17. The number of hydrogen-bond donors (Lipinski definition) is 3. The second-order valence-corrected chi connectivity index (χ2v) is 2.87. The molecule has 0 bridgehead atoms. The molecule has 0 fully saturated rings. The largest absolute Gasteiger partial charge is 0.352 e. The minimum absolute atomic E-state index is 0.0383. The number of carbonyl (C=O) groups excluding carboxylic acids is 1. The molecule has 5 heteroatoms. The van der Waals surface area contributed by atoms with Crippen molar-refractivity contribution in [3.8, 4) is 0 Å². The molecule has 1 rings (SSSR count). The van der Waals surface area contributed by atoms with Crippen LogP contribution in [0.25, 0.3) is 0 Å². The lowest BCUT2D eigenvalue weighted by atomic mass is 10.2. The number of aromatic nitrogens is 2. The normalized spacial score (nSPS) is 12.5. The van der Waals surface area contributed by atoms with Gasteiger partial charge in [-0.05, 0) is 0 Å². The number of H-pyrrole nitrogens is 1. The Hall–Kier alpha value is -1.36. The second kappa shape index (κ2) is 4.61. The van der Waals surface area contributed by atoms with Crippen LogP contribution in [0.1, 0.15) is 12.7 Å². The minimum Gasteiger partial charge on any atom is -0.352 e. The summed E-state index contributed by atoms with van der Waals surface area (Å²) in [6.07, 6.45) is 4.07. The van der Waals surface area contributed by atoms with Gasteiger partial charge in [-0.3, -0.25) is 4.79 Å². The standard InChI is InChI=1S/C8H14N4O/c1-6(13)12-7(5-9)4-8-10-2-3-11-8/h2-3,7H,4-5,9H2,1H3,(H,10,11)(H,12,13). The number of nitrogens with one attached hydrogen (secondary N) is 2. The highest BCUT2D eigenvalue weighted by Crippen LogP contribution is 1.94. The van der Waals surface area contributed by atoms with Crippen molar-refractivity contribution in [2.45, 2.75) is 19.4 Å². The first-order chi connectivity index (χ1) is 6.22. The number of nitrogens with two attached hydrogens (primary N) is 1. The molecule has 4 N–H and O–H groups in total. The maximum Gasteiger partial charge on any atom is 0.217 e. The predicted molar refractivity (Wildman–Crippen MR) is 49.0 cm³/mol. The van der Waals surface area contributed by atoms with E-state index in [0.29, 0.717) is 13.0 Å². The van der Waals surface area contributed by atoms with Crippen molar-refractivity contribution in [1.29, 1.82) is 0 Å². The van der Waals surface area contributed by atoms with Gasteiger partial charge in [-0.1, -0.05) is 0 Å². The van der Waals surface area contributed by atoms with Gasteiger partial charge in [0.2, 0.25) is 5.91 Å². The molecule has 13 heavy (non-hydrogen) atoms. The Balaban J connectivity index is 2.45. The fourth-order valence-electron chi connectivity index (χ4n) is 1.12. The van der Waals surface area contributed by atoms with E-state index >= 15 is 0 Å². The maximum absolute atomic E-state index is 10.7. The lowest BCUT2D eigenvalue weighted by Crippen LogP contribution is -2.40. The number of nitrogens with zero attached hydrogens (tertiary/aromatic N) is 1. The van der Waals surface area contributed by atoms with Crippen LogP contribution >= 0.6 is 0 Å². The molecule has 0 aliphatic heterocycles. The van der Waals surface area contributed by atoms with Gasteiger partial charge < -0.3 is 16.0 Å². The summed E-state index contributed by atoms with van der Waals surface area (Å²) in [5, 5.41) is 2.74. The van der Waals surface area contributed by atoms with Crippen LogP contribution in [0.15, 0.2) is 12.4 Å². The minimum atomic E-state index is -0.0676. The summed E-state index contributed by atoms with van der Waals surface area (Å²) in [7, 11) is 0. The van der Waals surface area contributed by atoms with Crippen LogP contribution in [0.3, 0.4) is 0 Å². The van der Waals surface area contributed by atoms with Crippen LogP contribution in [0.2, 0.25) is 0 Å². The van der Waals surface area contributed by atoms with Gasteiger partial charge in [0.1, 0.15) is 5.82 Å². The Morgan fingerprint density at radius 2 is 2.62 bits per heavy atom. The van der Waals surface area contributed by atoms with E-state index in [0.717, 1.165) is 5.82 Å². The molecule has 72 valence electrons. The summed E-state index contributed by atoms with van der Waals surface area (Å²) in [6, 6.07) is -0.0383. The van der Waals surface area contributed by atoms with Crippen LogP contribution in [-0.2, 0) is 11.2 Å². The number of amides is 1. The van der Waals surface area contributed by atoms with Crippen molar-refractivity contribution in [1.82, 2.24) is 15.3 Å². The quantitative estimate of drug-likeness (QED) is 0.582. The van der Waals surface area contributed by atoms with Crippen molar-refractivity contribution in [3.05, 3.63) is 18.2 Å². The molecule has 1 aromatic rings. The van der Waals surface area contributed by atoms with Crippen LogP contribution in [0.5, 0.6) is 0 Å². The molecular weight excluding hydrogens is 168 g/mol. The molecule has 1 unspecified atom stereocenters. The zero-order valence-electron chi connectivity index (χ0n) is 7.58. The van der Waals surface area contributed by atoms with E-state index in [2.05, 4.69) is 15.3 Å². The van der Waals surface area contributed by atoms with Gasteiger partial charge in [0.15, 0.2) is 0 Å². The number of aromatic amines is 1. The first-order valence-electron chi connectivity index (χ1n) is 4.17.